The molecule has 0 bridgehead atoms. The third-order valence-electron chi connectivity index (χ3n) is 3.00. The van der Waals surface area contributed by atoms with E-state index in [1.807, 2.05) is 13.8 Å². The summed E-state index contributed by atoms with van der Waals surface area (Å²) in [5, 5.41) is 10.1. The van der Waals surface area contributed by atoms with Crippen LogP contribution in [0.1, 0.15) is 31.7 Å². The predicted molar refractivity (Wildman–Crippen MR) is 77.4 cm³/mol. The SMILES string of the molecule is CCN(CC)C(=O)CC(C#N)c1ccc(Cl)c(Cl)c1. The van der Waals surface area contributed by atoms with Crippen LogP contribution in [0.2, 0.25) is 10.0 Å². The lowest BCUT2D eigenvalue weighted by molar-refractivity contribution is -0.130. The van der Waals surface area contributed by atoms with Crippen LogP contribution < -0.4 is 0 Å². The lowest BCUT2D eigenvalue weighted by Crippen LogP contribution is -2.31. The van der Waals surface area contributed by atoms with Gasteiger partial charge in [0.2, 0.25) is 5.91 Å². The summed E-state index contributed by atoms with van der Waals surface area (Å²) in [7, 11) is 0. The first-order valence-electron chi connectivity index (χ1n) is 6.15. The van der Waals surface area contributed by atoms with Crippen LogP contribution in [0.3, 0.4) is 0 Å². The van der Waals surface area contributed by atoms with Crippen molar-refractivity contribution in [2.24, 2.45) is 0 Å². The summed E-state index contributed by atoms with van der Waals surface area (Å²) in [4.78, 5) is 13.7. The van der Waals surface area contributed by atoms with E-state index in [2.05, 4.69) is 6.07 Å². The van der Waals surface area contributed by atoms with E-state index < -0.39 is 5.92 Å². The van der Waals surface area contributed by atoms with E-state index in [4.69, 9.17) is 23.2 Å². The number of nitriles is 1. The third-order valence-corrected chi connectivity index (χ3v) is 3.74. The summed E-state index contributed by atoms with van der Waals surface area (Å²) < 4.78 is 0. The number of amides is 1. The molecular weight excluding hydrogens is 283 g/mol. The first-order chi connectivity index (χ1) is 9.03. The van der Waals surface area contributed by atoms with Gasteiger partial charge in [-0.1, -0.05) is 29.3 Å². The van der Waals surface area contributed by atoms with E-state index >= 15 is 0 Å². The highest BCUT2D eigenvalue weighted by Crippen LogP contribution is 2.28. The molecular formula is C14H16Cl2N2O. The van der Waals surface area contributed by atoms with E-state index in [1.165, 1.54) is 0 Å². The number of halogens is 2. The largest absolute Gasteiger partial charge is 0.343 e. The molecule has 0 radical (unpaired) electrons. The molecule has 0 aliphatic rings. The van der Waals surface area contributed by atoms with Gasteiger partial charge in [0.05, 0.1) is 22.0 Å². The molecule has 0 spiro atoms. The second-order valence-corrected chi connectivity index (χ2v) is 4.94. The van der Waals surface area contributed by atoms with Crippen molar-refractivity contribution in [2.45, 2.75) is 26.2 Å². The van der Waals surface area contributed by atoms with Crippen molar-refractivity contribution in [3.63, 3.8) is 0 Å². The molecule has 3 nitrogen and oxygen atoms in total. The normalized spacial score (nSPS) is 11.7. The summed E-state index contributed by atoms with van der Waals surface area (Å²) in [5.41, 5.74) is 0.720. The average molecular weight is 299 g/mol. The summed E-state index contributed by atoms with van der Waals surface area (Å²) in [5.74, 6) is -0.523. The maximum Gasteiger partial charge on any atom is 0.224 e. The zero-order valence-electron chi connectivity index (χ0n) is 11.0. The molecule has 1 aromatic rings. The Hall–Kier alpha value is -1.24. The molecule has 1 rings (SSSR count). The molecule has 1 atom stereocenters. The number of hydrogen-bond donors (Lipinski definition) is 0. The lowest BCUT2D eigenvalue weighted by Gasteiger charge is -2.20. The molecule has 0 N–H and O–H groups in total. The highest BCUT2D eigenvalue weighted by Gasteiger charge is 2.19. The Labute approximate surface area is 123 Å². The Morgan fingerprint density at radius 2 is 1.95 bits per heavy atom. The number of nitrogens with zero attached hydrogens (tertiary/aromatic N) is 2. The second kappa shape index (κ2) is 7.37. The zero-order valence-corrected chi connectivity index (χ0v) is 12.5. The van der Waals surface area contributed by atoms with Gasteiger partial charge in [-0.25, -0.2) is 0 Å². The minimum atomic E-state index is -0.497. The van der Waals surface area contributed by atoms with Crippen LogP contribution in [-0.2, 0) is 4.79 Å². The lowest BCUT2D eigenvalue weighted by atomic mass is 9.96. The number of carbonyl (C=O) groups is 1. The summed E-state index contributed by atoms with van der Waals surface area (Å²) in [6.07, 6.45) is 0.163. The Morgan fingerprint density at radius 3 is 2.42 bits per heavy atom. The van der Waals surface area contributed by atoms with Crippen molar-refractivity contribution in [3.8, 4) is 6.07 Å². The van der Waals surface area contributed by atoms with Crippen molar-refractivity contribution in [3.05, 3.63) is 33.8 Å². The van der Waals surface area contributed by atoms with E-state index in [0.29, 0.717) is 23.1 Å². The Balaban J connectivity index is 2.87. The molecule has 0 aliphatic carbocycles. The maximum atomic E-state index is 12.0. The third kappa shape index (κ3) is 4.12. The molecule has 19 heavy (non-hydrogen) atoms. The van der Waals surface area contributed by atoms with Crippen LogP contribution in [-0.4, -0.2) is 23.9 Å². The van der Waals surface area contributed by atoms with E-state index in [9.17, 15) is 10.1 Å². The van der Waals surface area contributed by atoms with Crippen molar-refractivity contribution in [2.75, 3.05) is 13.1 Å². The van der Waals surface area contributed by atoms with Crippen LogP contribution in [0.4, 0.5) is 0 Å². The smallest absolute Gasteiger partial charge is 0.224 e. The predicted octanol–water partition coefficient (Wildman–Crippen LogP) is 3.86. The molecule has 0 saturated heterocycles. The fourth-order valence-electron chi connectivity index (χ4n) is 1.85. The summed E-state index contributed by atoms with van der Waals surface area (Å²) in [6, 6.07) is 7.17. The van der Waals surface area contributed by atoms with Crippen molar-refractivity contribution >= 4 is 29.1 Å². The molecule has 1 unspecified atom stereocenters. The van der Waals surface area contributed by atoms with Gasteiger partial charge in [0, 0.05) is 19.5 Å². The fourth-order valence-corrected chi connectivity index (χ4v) is 2.15. The van der Waals surface area contributed by atoms with Crippen molar-refractivity contribution in [1.82, 2.24) is 4.90 Å². The number of carbonyl (C=O) groups excluding carboxylic acids is 1. The van der Waals surface area contributed by atoms with Crippen LogP contribution >= 0.6 is 23.2 Å². The van der Waals surface area contributed by atoms with Gasteiger partial charge in [-0.3, -0.25) is 4.79 Å². The average Bonchev–Trinajstić information content (AvgIpc) is 2.40. The van der Waals surface area contributed by atoms with Gasteiger partial charge >= 0.3 is 0 Å². The standard InChI is InChI=1S/C14H16Cl2N2O/c1-3-18(4-2)14(19)8-11(9-17)10-5-6-12(15)13(16)7-10/h5-7,11H,3-4,8H2,1-2H3. The van der Waals surface area contributed by atoms with Gasteiger partial charge in [0.25, 0.3) is 0 Å². The maximum absolute atomic E-state index is 12.0. The van der Waals surface area contributed by atoms with Crippen LogP contribution in [0, 0.1) is 11.3 Å². The molecule has 1 amide bonds. The summed E-state index contributed by atoms with van der Waals surface area (Å²) >= 11 is 11.8. The number of rotatable bonds is 5. The molecule has 0 aromatic heterocycles. The second-order valence-electron chi connectivity index (χ2n) is 4.13. The van der Waals surface area contributed by atoms with E-state index in [-0.39, 0.29) is 12.3 Å². The Morgan fingerprint density at radius 1 is 1.32 bits per heavy atom. The van der Waals surface area contributed by atoms with Gasteiger partial charge in [-0.05, 0) is 31.5 Å². The molecule has 0 aliphatic heterocycles. The Bertz CT molecular complexity index is 493. The molecule has 5 heteroatoms. The van der Waals surface area contributed by atoms with Crippen LogP contribution in [0.15, 0.2) is 18.2 Å². The first kappa shape index (κ1) is 15.8. The molecule has 0 fully saturated rings. The summed E-state index contributed by atoms with van der Waals surface area (Å²) in [6.45, 7) is 5.13. The van der Waals surface area contributed by atoms with Crippen LogP contribution in [0.5, 0.6) is 0 Å². The fraction of sp³-hybridized carbons (Fsp3) is 0.429. The monoisotopic (exact) mass is 298 g/mol. The number of benzene rings is 1. The molecule has 1 aromatic carbocycles. The van der Waals surface area contributed by atoms with Gasteiger partial charge in [-0.2, -0.15) is 5.26 Å². The van der Waals surface area contributed by atoms with Crippen molar-refractivity contribution < 1.29 is 4.79 Å². The van der Waals surface area contributed by atoms with Gasteiger partial charge < -0.3 is 4.90 Å². The van der Waals surface area contributed by atoms with Crippen molar-refractivity contribution in [1.29, 1.82) is 5.26 Å². The molecule has 0 saturated carbocycles. The van der Waals surface area contributed by atoms with E-state index in [1.54, 1.807) is 23.1 Å². The minimum Gasteiger partial charge on any atom is -0.343 e. The quantitative estimate of drug-likeness (QED) is 0.828. The Kier molecular flexibility index (Phi) is 6.14. The van der Waals surface area contributed by atoms with Gasteiger partial charge in [0.1, 0.15) is 0 Å². The molecule has 0 heterocycles. The highest BCUT2D eigenvalue weighted by molar-refractivity contribution is 6.42. The first-order valence-corrected chi connectivity index (χ1v) is 6.91. The van der Waals surface area contributed by atoms with Gasteiger partial charge in [0.15, 0.2) is 0 Å². The number of hydrogen-bond acceptors (Lipinski definition) is 2. The van der Waals surface area contributed by atoms with E-state index in [0.717, 1.165) is 5.56 Å². The zero-order chi connectivity index (χ0) is 14.4. The topological polar surface area (TPSA) is 44.1 Å². The van der Waals surface area contributed by atoms with Crippen LogP contribution in [0.25, 0.3) is 0 Å². The highest BCUT2D eigenvalue weighted by atomic mass is 35.5. The van der Waals surface area contributed by atoms with Gasteiger partial charge in [-0.15, -0.1) is 0 Å². The molecule has 102 valence electrons. The minimum absolute atomic E-state index is 0.0253.